The van der Waals surface area contributed by atoms with E-state index >= 15 is 0 Å². The number of benzene rings is 2. The Balaban J connectivity index is 1.49. The third-order valence-corrected chi connectivity index (χ3v) is 8.47. The van der Waals surface area contributed by atoms with Crippen LogP contribution in [-0.2, 0) is 10.0 Å². The average Bonchev–Trinajstić information content (AvgIpc) is 3.24. The fourth-order valence-corrected chi connectivity index (χ4v) is 6.07. The smallest absolute Gasteiger partial charge is 0.253 e. The Labute approximate surface area is 193 Å². The quantitative estimate of drug-likeness (QED) is 0.523. The summed E-state index contributed by atoms with van der Waals surface area (Å²) in [7, 11) is -3.77. The highest BCUT2D eigenvalue weighted by Crippen LogP contribution is 2.31. The minimum Gasteiger partial charge on any atom is -0.440 e. The van der Waals surface area contributed by atoms with E-state index in [9.17, 15) is 13.2 Å². The first-order valence-electron chi connectivity index (χ1n) is 10.8. The zero-order valence-electron chi connectivity index (χ0n) is 18.1. The molecule has 0 bridgehead atoms. The van der Waals surface area contributed by atoms with Gasteiger partial charge in [-0.25, -0.2) is 13.4 Å². The van der Waals surface area contributed by atoms with E-state index in [2.05, 4.69) is 4.98 Å². The van der Waals surface area contributed by atoms with E-state index in [1.54, 1.807) is 24.8 Å². The lowest BCUT2D eigenvalue weighted by molar-refractivity contribution is 0.0706. The molecule has 1 aromatic heterocycles. The number of para-hydroxylation sites is 2. The Morgan fingerprint density at radius 3 is 2.50 bits per heavy atom. The van der Waals surface area contributed by atoms with Crippen LogP contribution >= 0.6 is 11.6 Å². The molecule has 3 aromatic rings. The van der Waals surface area contributed by atoms with Crippen molar-refractivity contribution in [2.24, 2.45) is 0 Å². The average molecular weight is 476 g/mol. The summed E-state index contributed by atoms with van der Waals surface area (Å²) < 4.78 is 33.1. The van der Waals surface area contributed by atoms with Crippen molar-refractivity contribution in [1.29, 1.82) is 0 Å². The van der Waals surface area contributed by atoms with Crippen molar-refractivity contribution in [2.45, 2.75) is 37.5 Å². The fraction of sp³-hybridized carbons (Fsp3) is 0.391. The molecule has 1 fully saturated rings. The van der Waals surface area contributed by atoms with Gasteiger partial charge in [0.15, 0.2) is 11.5 Å². The molecular weight excluding hydrogens is 450 g/mol. The van der Waals surface area contributed by atoms with Crippen LogP contribution in [0.15, 0.2) is 51.8 Å². The van der Waals surface area contributed by atoms with Crippen molar-refractivity contribution in [2.75, 3.05) is 26.2 Å². The Morgan fingerprint density at radius 1 is 1.16 bits per heavy atom. The van der Waals surface area contributed by atoms with Gasteiger partial charge >= 0.3 is 0 Å². The molecule has 1 aliphatic heterocycles. The highest BCUT2D eigenvalue weighted by atomic mass is 35.5. The summed E-state index contributed by atoms with van der Waals surface area (Å²) in [5, 5.41) is 0.114. The van der Waals surface area contributed by atoms with Gasteiger partial charge in [0.25, 0.3) is 5.91 Å². The molecule has 0 unspecified atom stereocenters. The SMILES string of the molecule is CCN(CC)S(=O)(=O)c1cc(C(=O)N2CCC(c3nc4ccccc4o3)CC2)ccc1Cl. The number of rotatable bonds is 6. The van der Waals surface area contributed by atoms with Gasteiger partial charge in [-0.3, -0.25) is 4.79 Å². The minimum absolute atomic E-state index is 0.0323. The predicted molar refractivity (Wildman–Crippen MR) is 123 cm³/mol. The lowest BCUT2D eigenvalue weighted by atomic mass is 9.96. The number of carbonyl (C=O) groups is 1. The molecule has 2 aromatic carbocycles. The first-order chi connectivity index (χ1) is 15.3. The largest absolute Gasteiger partial charge is 0.440 e. The predicted octanol–water partition coefficient (Wildman–Crippen LogP) is 4.53. The number of oxazole rings is 1. The van der Waals surface area contributed by atoms with Crippen LogP contribution < -0.4 is 0 Å². The molecule has 2 heterocycles. The number of aromatic nitrogens is 1. The lowest BCUT2D eigenvalue weighted by Gasteiger charge is -2.31. The van der Waals surface area contributed by atoms with Gasteiger partial charge in [0.1, 0.15) is 10.4 Å². The van der Waals surface area contributed by atoms with E-state index < -0.39 is 10.0 Å². The number of carbonyl (C=O) groups excluding carboxylic acids is 1. The molecule has 0 N–H and O–H groups in total. The Bertz CT molecular complexity index is 1200. The van der Waals surface area contributed by atoms with Gasteiger partial charge < -0.3 is 9.32 Å². The van der Waals surface area contributed by atoms with Crippen molar-refractivity contribution in [3.63, 3.8) is 0 Å². The van der Waals surface area contributed by atoms with E-state index in [0.717, 1.165) is 23.9 Å². The number of piperidine rings is 1. The third kappa shape index (κ3) is 4.27. The summed E-state index contributed by atoms with van der Waals surface area (Å²) in [5.41, 5.74) is 1.92. The van der Waals surface area contributed by atoms with Crippen molar-refractivity contribution in [3.8, 4) is 0 Å². The zero-order chi connectivity index (χ0) is 22.9. The van der Waals surface area contributed by atoms with Crippen LogP contribution in [0.1, 0.15) is 48.9 Å². The van der Waals surface area contributed by atoms with Crippen LogP contribution in [0.5, 0.6) is 0 Å². The molecule has 4 rings (SSSR count). The molecule has 0 aliphatic carbocycles. The molecule has 7 nitrogen and oxygen atoms in total. The van der Waals surface area contributed by atoms with Crippen molar-refractivity contribution < 1.29 is 17.6 Å². The molecule has 1 saturated heterocycles. The summed E-state index contributed by atoms with van der Waals surface area (Å²) in [6.07, 6.45) is 1.47. The standard InChI is InChI=1S/C23H26ClN3O4S/c1-3-27(4-2)32(29,30)21-15-17(9-10-18(21)24)23(28)26-13-11-16(12-14-26)22-25-19-7-5-6-8-20(19)31-22/h5-10,15-16H,3-4,11-14H2,1-2H3. The maximum Gasteiger partial charge on any atom is 0.253 e. The number of sulfonamides is 1. The maximum atomic E-state index is 13.1. The molecule has 32 heavy (non-hydrogen) atoms. The van der Waals surface area contributed by atoms with Crippen molar-refractivity contribution in [3.05, 3.63) is 58.9 Å². The molecule has 0 radical (unpaired) electrons. The monoisotopic (exact) mass is 475 g/mol. The Morgan fingerprint density at radius 2 is 1.84 bits per heavy atom. The lowest BCUT2D eigenvalue weighted by Crippen LogP contribution is -2.38. The Kier molecular flexibility index (Phi) is 6.55. The number of likely N-dealkylation sites (tertiary alicyclic amines) is 1. The molecule has 170 valence electrons. The first-order valence-corrected chi connectivity index (χ1v) is 12.6. The first kappa shape index (κ1) is 22.8. The van der Waals surface area contributed by atoms with Gasteiger partial charge in [0.05, 0.1) is 5.02 Å². The van der Waals surface area contributed by atoms with E-state index in [4.69, 9.17) is 16.0 Å². The topological polar surface area (TPSA) is 83.7 Å². The van der Waals surface area contributed by atoms with Gasteiger partial charge in [0, 0.05) is 37.7 Å². The van der Waals surface area contributed by atoms with Gasteiger partial charge in [-0.05, 0) is 43.2 Å². The second-order valence-corrected chi connectivity index (χ2v) is 10.1. The van der Waals surface area contributed by atoms with Crippen molar-refractivity contribution in [1.82, 2.24) is 14.2 Å². The van der Waals surface area contributed by atoms with E-state index in [1.165, 1.54) is 16.4 Å². The number of halogens is 1. The zero-order valence-corrected chi connectivity index (χ0v) is 19.7. The van der Waals surface area contributed by atoms with Crippen LogP contribution in [-0.4, -0.2) is 54.7 Å². The van der Waals surface area contributed by atoms with Crippen LogP contribution in [0.25, 0.3) is 11.1 Å². The van der Waals surface area contributed by atoms with Gasteiger partial charge in [-0.15, -0.1) is 0 Å². The van der Waals surface area contributed by atoms with Gasteiger partial charge in [0.2, 0.25) is 10.0 Å². The summed E-state index contributed by atoms with van der Waals surface area (Å²) in [6, 6.07) is 12.1. The third-order valence-electron chi connectivity index (χ3n) is 5.94. The van der Waals surface area contributed by atoms with Crippen LogP contribution in [0, 0.1) is 0 Å². The highest BCUT2D eigenvalue weighted by Gasteiger charge is 2.30. The van der Waals surface area contributed by atoms with E-state index in [0.29, 0.717) is 37.6 Å². The van der Waals surface area contributed by atoms with Crippen LogP contribution in [0.3, 0.4) is 0 Å². The molecule has 9 heteroatoms. The summed E-state index contributed by atoms with van der Waals surface area (Å²) in [6.45, 7) is 5.29. The number of hydrogen-bond donors (Lipinski definition) is 0. The number of fused-ring (bicyclic) bond motifs is 1. The van der Waals surface area contributed by atoms with Crippen molar-refractivity contribution >= 4 is 38.6 Å². The number of nitrogens with zero attached hydrogens (tertiary/aromatic N) is 3. The van der Waals surface area contributed by atoms with Gasteiger partial charge in [-0.2, -0.15) is 4.31 Å². The highest BCUT2D eigenvalue weighted by molar-refractivity contribution is 7.89. The number of amides is 1. The molecule has 1 aliphatic rings. The Hall–Kier alpha value is -2.42. The minimum atomic E-state index is -3.77. The molecule has 1 amide bonds. The summed E-state index contributed by atoms with van der Waals surface area (Å²) in [4.78, 5) is 19.4. The molecule has 0 spiro atoms. The maximum absolute atomic E-state index is 13.1. The molecular formula is C23H26ClN3O4S. The second kappa shape index (κ2) is 9.21. The number of hydrogen-bond acceptors (Lipinski definition) is 5. The van der Waals surface area contributed by atoms with Crippen LogP contribution in [0.2, 0.25) is 5.02 Å². The molecule has 0 atom stereocenters. The van der Waals surface area contributed by atoms with Gasteiger partial charge in [-0.1, -0.05) is 37.6 Å². The van der Waals surface area contributed by atoms with E-state index in [-0.39, 0.29) is 21.7 Å². The summed E-state index contributed by atoms with van der Waals surface area (Å²) in [5.74, 6) is 0.654. The fourth-order valence-electron chi connectivity index (χ4n) is 4.11. The second-order valence-electron chi connectivity index (χ2n) is 7.82. The van der Waals surface area contributed by atoms with Crippen LogP contribution in [0.4, 0.5) is 0 Å². The normalized spacial score (nSPS) is 15.6. The van der Waals surface area contributed by atoms with E-state index in [1.807, 2.05) is 24.3 Å². The summed E-state index contributed by atoms with van der Waals surface area (Å²) >= 11 is 6.20. The molecule has 0 saturated carbocycles.